The van der Waals surface area contributed by atoms with Gasteiger partial charge in [-0.3, -0.25) is 19.7 Å². The van der Waals surface area contributed by atoms with Crippen molar-refractivity contribution in [3.05, 3.63) is 105 Å². The molecule has 4 atom stereocenters. The van der Waals surface area contributed by atoms with E-state index in [2.05, 4.69) is 31.6 Å². The molecule has 2 fully saturated rings. The van der Waals surface area contributed by atoms with Crippen LogP contribution in [0.1, 0.15) is 11.7 Å². The molecule has 0 aliphatic carbocycles. The first-order valence-corrected chi connectivity index (χ1v) is 14.5. The number of fused-ring (bicyclic) bond motifs is 1. The summed E-state index contributed by atoms with van der Waals surface area (Å²) < 4.78 is 0.855. The number of halogens is 1. The van der Waals surface area contributed by atoms with Gasteiger partial charge in [0, 0.05) is 54.2 Å². The highest BCUT2D eigenvalue weighted by Gasteiger charge is 2.54. The van der Waals surface area contributed by atoms with Gasteiger partial charge < -0.3 is 20.7 Å². The fourth-order valence-electron chi connectivity index (χ4n) is 5.73. The van der Waals surface area contributed by atoms with E-state index in [1.54, 1.807) is 41.4 Å². The maximum atomic E-state index is 14.0. The summed E-state index contributed by atoms with van der Waals surface area (Å²) in [6.45, 7) is 3.54. The van der Waals surface area contributed by atoms with Gasteiger partial charge in [0.25, 0.3) is 11.6 Å². The number of hydrazine groups is 1. The molecule has 216 valence electrons. The Morgan fingerprint density at radius 1 is 0.905 bits per heavy atom. The molecule has 3 N–H and O–H groups in total. The number of aliphatic hydroxyl groups excluding tert-OH is 1. The number of hydrogen-bond donors (Lipinski definition) is 3. The Bertz CT molecular complexity index is 1510. The van der Waals surface area contributed by atoms with Crippen molar-refractivity contribution in [2.45, 2.75) is 18.2 Å². The highest BCUT2D eigenvalue weighted by Crippen LogP contribution is 2.38. The second-order valence-electron chi connectivity index (χ2n) is 10.4. The number of rotatable bonds is 7. The number of aliphatic hydroxyl groups is 1. The monoisotopic (exact) mass is 632 g/mol. The molecule has 12 heteroatoms. The van der Waals surface area contributed by atoms with Gasteiger partial charge in [0.2, 0.25) is 5.91 Å². The Labute approximate surface area is 250 Å². The number of nitro groups is 1. The largest absolute Gasteiger partial charge is 0.386 e. The van der Waals surface area contributed by atoms with E-state index in [9.17, 15) is 24.8 Å². The Hall–Kier alpha value is -4.10. The average molecular weight is 634 g/mol. The van der Waals surface area contributed by atoms with E-state index in [0.717, 1.165) is 36.3 Å². The molecule has 6 rings (SSSR count). The lowest BCUT2D eigenvalue weighted by Crippen LogP contribution is -2.55. The SMILES string of the molecule is O=C1C2C=CC(C(O)c3ccc(Br)cc3)N(Nc3ccc([N+](=O)[O-])cc3)[C@@H]2C(=O)N1c1ccc(N2CCNCC2)cc1. The summed E-state index contributed by atoms with van der Waals surface area (Å²) in [5, 5.41) is 27.5. The quantitative estimate of drug-likeness (QED) is 0.155. The predicted molar refractivity (Wildman–Crippen MR) is 162 cm³/mol. The topological polar surface area (TPSA) is 131 Å². The minimum absolute atomic E-state index is 0.0778. The summed E-state index contributed by atoms with van der Waals surface area (Å²) in [6.07, 6.45) is 2.38. The molecule has 0 spiro atoms. The number of anilines is 3. The Morgan fingerprint density at radius 3 is 2.19 bits per heavy atom. The number of imide groups is 1. The van der Waals surface area contributed by atoms with Gasteiger partial charge in [-0.1, -0.05) is 40.2 Å². The molecule has 2 saturated heterocycles. The van der Waals surface area contributed by atoms with Crippen molar-refractivity contribution < 1.29 is 19.6 Å². The third-order valence-electron chi connectivity index (χ3n) is 7.92. The summed E-state index contributed by atoms with van der Waals surface area (Å²) in [4.78, 5) is 41.8. The van der Waals surface area contributed by atoms with Crippen molar-refractivity contribution in [3.8, 4) is 0 Å². The van der Waals surface area contributed by atoms with Crippen LogP contribution in [-0.4, -0.2) is 65.1 Å². The first-order chi connectivity index (χ1) is 20.3. The summed E-state index contributed by atoms with van der Waals surface area (Å²) in [7, 11) is 0. The number of piperazine rings is 1. The number of nitrogens with one attached hydrogen (secondary N) is 2. The van der Waals surface area contributed by atoms with Gasteiger partial charge in [0.15, 0.2) is 0 Å². The number of benzene rings is 3. The molecule has 3 aromatic rings. The molecule has 3 aliphatic rings. The molecule has 3 unspecified atom stereocenters. The zero-order valence-electron chi connectivity index (χ0n) is 22.5. The van der Waals surface area contributed by atoms with Crippen LogP contribution < -0.4 is 20.5 Å². The second-order valence-corrected chi connectivity index (χ2v) is 11.3. The number of nitrogens with zero attached hydrogens (tertiary/aromatic N) is 4. The third-order valence-corrected chi connectivity index (χ3v) is 8.45. The van der Waals surface area contributed by atoms with E-state index in [4.69, 9.17) is 0 Å². The van der Waals surface area contributed by atoms with Crippen LogP contribution in [0.5, 0.6) is 0 Å². The molecule has 3 aromatic carbocycles. The highest BCUT2D eigenvalue weighted by molar-refractivity contribution is 9.10. The van der Waals surface area contributed by atoms with Gasteiger partial charge in [-0.05, 0) is 54.1 Å². The first kappa shape index (κ1) is 28.0. The normalized spacial score (nSPS) is 23.1. The van der Waals surface area contributed by atoms with E-state index >= 15 is 0 Å². The molecule has 0 saturated carbocycles. The van der Waals surface area contributed by atoms with Crippen LogP contribution in [0.4, 0.5) is 22.7 Å². The van der Waals surface area contributed by atoms with Crippen molar-refractivity contribution >= 4 is 50.5 Å². The van der Waals surface area contributed by atoms with Crippen molar-refractivity contribution in [3.63, 3.8) is 0 Å². The fourth-order valence-corrected chi connectivity index (χ4v) is 5.99. The first-order valence-electron chi connectivity index (χ1n) is 13.7. The standard InChI is InChI=1S/C30H29BrN6O5/c31-20-3-1-19(2-4-20)28(38)26-14-13-25-27(36(26)33-21-5-7-24(8-6-21)37(41)42)30(40)35(29(25)39)23-11-9-22(10-12-23)34-17-15-32-16-18-34/h1-14,25-28,32-33,38H,15-18H2/t25?,26?,27-,28?/m0/s1. The lowest BCUT2D eigenvalue weighted by molar-refractivity contribution is -0.384. The molecule has 42 heavy (non-hydrogen) atoms. The van der Waals surface area contributed by atoms with Crippen molar-refractivity contribution in [2.24, 2.45) is 5.92 Å². The van der Waals surface area contributed by atoms with Crippen LogP contribution in [0.15, 0.2) is 89.4 Å². The van der Waals surface area contributed by atoms with Gasteiger partial charge in [0.05, 0.1) is 28.7 Å². The van der Waals surface area contributed by atoms with Crippen LogP contribution >= 0.6 is 15.9 Å². The maximum absolute atomic E-state index is 14.0. The summed E-state index contributed by atoms with van der Waals surface area (Å²) in [5.74, 6) is -1.57. The lowest BCUT2D eigenvalue weighted by atomic mass is 9.90. The zero-order chi connectivity index (χ0) is 29.4. The van der Waals surface area contributed by atoms with Gasteiger partial charge in [-0.25, -0.2) is 9.91 Å². The van der Waals surface area contributed by atoms with Crippen LogP contribution in [0.3, 0.4) is 0 Å². The molecular formula is C30H29BrN6O5. The van der Waals surface area contributed by atoms with E-state index < -0.39 is 34.9 Å². The summed E-state index contributed by atoms with van der Waals surface area (Å²) in [5.41, 5.74) is 5.71. The average Bonchev–Trinajstić information content (AvgIpc) is 3.27. The molecule has 0 radical (unpaired) electrons. The van der Waals surface area contributed by atoms with Crippen molar-refractivity contribution in [1.82, 2.24) is 10.3 Å². The number of non-ortho nitro benzene ring substituents is 1. The van der Waals surface area contributed by atoms with E-state index in [-0.39, 0.29) is 11.6 Å². The van der Waals surface area contributed by atoms with Crippen LogP contribution in [0.25, 0.3) is 0 Å². The minimum atomic E-state index is -1.05. The number of amides is 2. The van der Waals surface area contributed by atoms with Crippen molar-refractivity contribution in [1.29, 1.82) is 0 Å². The van der Waals surface area contributed by atoms with Gasteiger partial charge >= 0.3 is 0 Å². The molecule has 11 nitrogen and oxygen atoms in total. The Kier molecular flexibility index (Phi) is 7.78. The number of nitro benzene ring substituents is 1. The molecule has 2 amide bonds. The van der Waals surface area contributed by atoms with Crippen LogP contribution in [-0.2, 0) is 9.59 Å². The van der Waals surface area contributed by atoms with Gasteiger partial charge in [0.1, 0.15) is 6.04 Å². The van der Waals surface area contributed by atoms with Crippen LogP contribution in [0, 0.1) is 16.0 Å². The molecule has 3 aliphatic heterocycles. The van der Waals surface area contributed by atoms with Crippen molar-refractivity contribution in [2.75, 3.05) is 41.4 Å². The van der Waals surface area contributed by atoms with E-state index in [1.807, 2.05) is 24.3 Å². The molecular weight excluding hydrogens is 604 g/mol. The predicted octanol–water partition coefficient (Wildman–Crippen LogP) is 3.63. The number of hydrogen-bond acceptors (Lipinski definition) is 9. The number of carbonyl (C=O) groups excluding carboxylic acids is 2. The Morgan fingerprint density at radius 2 is 1.55 bits per heavy atom. The molecule has 0 bridgehead atoms. The minimum Gasteiger partial charge on any atom is -0.386 e. The zero-order valence-corrected chi connectivity index (χ0v) is 24.1. The molecule has 3 heterocycles. The second kappa shape index (κ2) is 11.6. The smallest absolute Gasteiger partial charge is 0.269 e. The van der Waals surface area contributed by atoms with Crippen LogP contribution in [0.2, 0.25) is 0 Å². The highest BCUT2D eigenvalue weighted by atomic mass is 79.9. The van der Waals surface area contributed by atoms with E-state index in [0.29, 0.717) is 16.9 Å². The van der Waals surface area contributed by atoms with Gasteiger partial charge in [-0.15, -0.1) is 0 Å². The third kappa shape index (κ3) is 5.29. The number of carbonyl (C=O) groups is 2. The maximum Gasteiger partial charge on any atom is 0.269 e. The summed E-state index contributed by atoms with van der Waals surface area (Å²) in [6, 6.07) is 18.7. The fraction of sp³-hybridized carbons (Fsp3) is 0.267. The van der Waals surface area contributed by atoms with Gasteiger partial charge in [-0.2, -0.15) is 0 Å². The lowest BCUT2D eigenvalue weighted by Gasteiger charge is -2.40. The Balaban J connectivity index is 1.32. The summed E-state index contributed by atoms with van der Waals surface area (Å²) >= 11 is 3.41. The molecule has 0 aromatic heterocycles. The van der Waals surface area contributed by atoms with E-state index in [1.165, 1.54) is 29.2 Å².